The van der Waals surface area contributed by atoms with Crippen molar-refractivity contribution in [2.45, 2.75) is 0 Å². The second kappa shape index (κ2) is 6.81. The number of fused-ring (bicyclic) bond motifs is 6. The lowest BCUT2D eigenvalue weighted by atomic mass is 9.99. The minimum atomic E-state index is 1.18. The first-order valence-electron chi connectivity index (χ1n) is 10.9. The van der Waals surface area contributed by atoms with Gasteiger partial charge in [-0.2, -0.15) is 0 Å². The van der Waals surface area contributed by atoms with Crippen LogP contribution in [-0.2, 0) is 0 Å². The van der Waals surface area contributed by atoms with Gasteiger partial charge in [0.1, 0.15) is 0 Å². The highest BCUT2D eigenvalue weighted by Gasteiger charge is 2.14. The molecule has 0 amide bonds. The Bertz CT molecular complexity index is 1770. The number of aromatic amines is 1. The minimum Gasteiger partial charge on any atom is -0.354 e. The van der Waals surface area contributed by atoms with Gasteiger partial charge >= 0.3 is 0 Å². The average Bonchev–Trinajstić information content (AvgIpc) is 3.42. The predicted octanol–water partition coefficient (Wildman–Crippen LogP) is 9.02. The second-order valence-corrected chi connectivity index (χ2v) is 9.31. The summed E-state index contributed by atoms with van der Waals surface area (Å²) in [6.07, 6.45) is 0. The number of hydrogen-bond acceptors (Lipinski definition) is 1. The highest BCUT2D eigenvalue weighted by Crippen LogP contribution is 2.42. The zero-order valence-corrected chi connectivity index (χ0v) is 18.1. The van der Waals surface area contributed by atoms with Gasteiger partial charge in [0.05, 0.1) is 5.52 Å². The van der Waals surface area contributed by atoms with Crippen LogP contribution in [0.2, 0.25) is 0 Å². The van der Waals surface area contributed by atoms with Crippen molar-refractivity contribution < 1.29 is 0 Å². The summed E-state index contributed by atoms with van der Waals surface area (Å²) in [6, 6.07) is 39.4. The quantitative estimate of drug-likeness (QED) is 0.284. The molecule has 0 saturated carbocycles. The molecule has 0 aliphatic rings. The largest absolute Gasteiger partial charge is 0.354 e. The summed E-state index contributed by atoms with van der Waals surface area (Å²) in [5.74, 6) is 0. The molecule has 2 heterocycles. The van der Waals surface area contributed by atoms with E-state index in [1.165, 1.54) is 64.2 Å². The molecule has 1 N–H and O–H groups in total. The third-order valence-electron chi connectivity index (χ3n) is 6.44. The normalized spacial score (nSPS) is 11.8. The maximum absolute atomic E-state index is 3.73. The van der Waals surface area contributed by atoms with Crippen LogP contribution in [0, 0.1) is 0 Å². The molecule has 2 heteroatoms. The Balaban J connectivity index is 1.51. The first-order chi connectivity index (χ1) is 15.9. The van der Waals surface area contributed by atoms with E-state index in [1.807, 2.05) is 11.3 Å². The molecule has 0 radical (unpaired) electrons. The van der Waals surface area contributed by atoms with E-state index in [4.69, 9.17) is 0 Å². The molecule has 1 nitrogen and oxygen atoms in total. The maximum atomic E-state index is 3.73. The van der Waals surface area contributed by atoms with Crippen molar-refractivity contribution in [1.29, 1.82) is 0 Å². The van der Waals surface area contributed by atoms with Gasteiger partial charge in [0.2, 0.25) is 0 Å². The van der Waals surface area contributed by atoms with Crippen molar-refractivity contribution in [3.8, 4) is 22.3 Å². The van der Waals surface area contributed by atoms with Crippen LogP contribution in [0.5, 0.6) is 0 Å². The first-order valence-corrected chi connectivity index (χ1v) is 11.7. The Morgan fingerprint density at radius 3 is 2.16 bits per heavy atom. The number of nitrogens with one attached hydrogen (secondary N) is 1. The summed E-state index contributed by atoms with van der Waals surface area (Å²) >= 11 is 1.88. The number of aromatic nitrogens is 1. The van der Waals surface area contributed by atoms with Crippen LogP contribution in [0.4, 0.5) is 0 Å². The van der Waals surface area contributed by atoms with Crippen molar-refractivity contribution in [3.05, 3.63) is 109 Å². The number of thiophene rings is 1. The Kier molecular flexibility index (Phi) is 3.78. The lowest BCUT2D eigenvalue weighted by Crippen LogP contribution is -1.81. The van der Waals surface area contributed by atoms with Gasteiger partial charge < -0.3 is 4.98 Å². The van der Waals surface area contributed by atoms with Crippen LogP contribution in [-0.4, -0.2) is 4.98 Å². The molecule has 0 unspecified atom stereocenters. The smallest absolute Gasteiger partial charge is 0.0545 e. The lowest BCUT2D eigenvalue weighted by Gasteiger charge is -2.06. The van der Waals surface area contributed by atoms with E-state index in [-0.39, 0.29) is 0 Å². The van der Waals surface area contributed by atoms with E-state index in [0.29, 0.717) is 0 Å². The zero-order chi connectivity index (χ0) is 21.1. The van der Waals surface area contributed by atoms with Gasteiger partial charge in [-0.15, -0.1) is 11.3 Å². The maximum Gasteiger partial charge on any atom is 0.0545 e. The average molecular weight is 426 g/mol. The van der Waals surface area contributed by atoms with Crippen molar-refractivity contribution in [1.82, 2.24) is 4.98 Å². The topological polar surface area (TPSA) is 15.8 Å². The van der Waals surface area contributed by atoms with E-state index < -0.39 is 0 Å². The van der Waals surface area contributed by atoms with Gasteiger partial charge in [-0.3, -0.25) is 0 Å². The molecule has 0 saturated heterocycles. The number of benzene rings is 5. The Morgan fingerprint density at radius 1 is 0.500 bits per heavy atom. The Labute approximate surface area is 189 Å². The fourth-order valence-corrected chi connectivity index (χ4v) is 6.15. The van der Waals surface area contributed by atoms with Crippen LogP contribution in [0.15, 0.2) is 109 Å². The van der Waals surface area contributed by atoms with Gasteiger partial charge in [-0.1, -0.05) is 91.0 Å². The van der Waals surface area contributed by atoms with E-state index >= 15 is 0 Å². The Morgan fingerprint density at radius 2 is 1.25 bits per heavy atom. The van der Waals surface area contributed by atoms with E-state index in [0.717, 1.165) is 0 Å². The van der Waals surface area contributed by atoms with Crippen LogP contribution in [0.1, 0.15) is 0 Å². The molecule has 0 bridgehead atoms. The number of hydrogen-bond donors (Lipinski definition) is 1. The molecule has 2 aromatic heterocycles. The molecule has 0 aliphatic carbocycles. The minimum absolute atomic E-state index is 1.18. The molecule has 5 aromatic carbocycles. The summed E-state index contributed by atoms with van der Waals surface area (Å²) in [6.45, 7) is 0. The predicted molar refractivity (Wildman–Crippen MR) is 140 cm³/mol. The monoisotopic (exact) mass is 425 g/mol. The van der Waals surface area contributed by atoms with E-state index in [2.05, 4.69) is 114 Å². The molecule has 0 aliphatic heterocycles. The van der Waals surface area contributed by atoms with Crippen LogP contribution in [0.25, 0.3) is 64.2 Å². The van der Waals surface area contributed by atoms with Crippen LogP contribution in [0.3, 0.4) is 0 Å². The van der Waals surface area contributed by atoms with E-state index in [1.54, 1.807) is 0 Å². The summed E-state index contributed by atoms with van der Waals surface area (Å²) < 4.78 is 2.69. The van der Waals surface area contributed by atoms with E-state index in [9.17, 15) is 0 Å². The Hall–Kier alpha value is -3.88. The third kappa shape index (κ3) is 2.57. The summed E-state index contributed by atoms with van der Waals surface area (Å²) in [7, 11) is 0. The third-order valence-corrected chi connectivity index (χ3v) is 7.66. The van der Waals surface area contributed by atoms with Crippen molar-refractivity contribution in [2.75, 3.05) is 0 Å². The standard InChI is InChI=1S/C30H19NS/c1-2-8-19(9-3-1)20-16-17-27-26(18-20)23-12-6-11-22(29(23)31-27)25-14-7-13-24-21-10-4-5-15-28(21)32-30(24)25/h1-18,31H. The summed E-state index contributed by atoms with van der Waals surface area (Å²) in [5.41, 5.74) is 7.43. The van der Waals surface area contributed by atoms with Gasteiger partial charge in [0, 0.05) is 47.6 Å². The highest BCUT2D eigenvalue weighted by molar-refractivity contribution is 7.26. The van der Waals surface area contributed by atoms with Crippen LogP contribution >= 0.6 is 11.3 Å². The fraction of sp³-hybridized carbons (Fsp3) is 0. The van der Waals surface area contributed by atoms with Crippen molar-refractivity contribution >= 4 is 53.3 Å². The molecule has 0 fully saturated rings. The lowest BCUT2D eigenvalue weighted by molar-refractivity contribution is 1.54. The van der Waals surface area contributed by atoms with Gasteiger partial charge in [-0.25, -0.2) is 0 Å². The second-order valence-electron chi connectivity index (χ2n) is 8.26. The van der Waals surface area contributed by atoms with Gasteiger partial charge in [-0.05, 0) is 29.3 Å². The molecule has 150 valence electrons. The van der Waals surface area contributed by atoms with Crippen molar-refractivity contribution in [3.63, 3.8) is 0 Å². The van der Waals surface area contributed by atoms with Gasteiger partial charge in [0.25, 0.3) is 0 Å². The molecular formula is C30H19NS. The number of para-hydroxylation sites is 1. The fourth-order valence-electron chi connectivity index (χ4n) is 4.92. The number of rotatable bonds is 2. The molecule has 32 heavy (non-hydrogen) atoms. The SMILES string of the molecule is c1ccc(-c2ccc3[nH]c4c(-c5cccc6c5sc5ccccc56)cccc4c3c2)cc1. The molecule has 0 atom stereocenters. The molecule has 0 spiro atoms. The summed E-state index contributed by atoms with van der Waals surface area (Å²) in [5, 5.41) is 5.22. The molecular weight excluding hydrogens is 406 g/mol. The zero-order valence-electron chi connectivity index (χ0n) is 17.3. The first kappa shape index (κ1) is 17.8. The highest BCUT2D eigenvalue weighted by atomic mass is 32.1. The summed E-state index contributed by atoms with van der Waals surface area (Å²) in [4.78, 5) is 3.73. The van der Waals surface area contributed by atoms with Gasteiger partial charge in [0.15, 0.2) is 0 Å². The number of H-pyrrole nitrogens is 1. The molecule has 7 rings (SSSR count). The van der Waals surface area contributed by atoms with Crippen molar-refractivity contribution in [2.24, 2.45) is 0 Å². The molecule has 7 aromatic rings. The van der Waals surface area contributed by atoms with Crippen LogP contribution < -0.4 is 0 Å².